The van der Waals surface area contributed by atoms with Gasteiger partial charge >= 0.3 is 11.8 Å². The van der Waals surface area contributed by atoms with E-state index in [0.717, 1.165) is 5.56 Å². The predicted molar refractivity (Wildman–Crippen MR) is 123 cm³/mol. The van der Waals surface area contributed by atoms with Gasteiger partial charge in [0.1, 0.15) is 12.4 Å². The van der Waals surface area contributed by atoms with E-state index in [1.165, 1.54) is 6.21 Å². The summed E-state index contributed by atoms with van der Waals surface area (Å²) >= 11 is 17.8. The van der Waals surface area contributed by atoms with Crippen LogP contribution in [-0.2, 0) is 16.2 Å². The summed E-state index contributed by atoms with van der Waals surface area (Å²) in [5, 5.41) is 7.48. The smallest absolute Gasteiger partial charge is 0.329 e. The number of rotatable bonds is 6. The normalized spacial score (nSPS) is 10.7. The summed E-state index contributed by atoms with van der Waals surface area (Å²) in [4.78, 5) is 23.7. The van der Waals surface area contributed by atoms with Crippen molar-refractivity contribution in [2.45, 2.75) is 6.61 Å². The van der Waals surface area contributed by atoms with E-state index in [9.17, 15) is 9.59 Å². The van der Waals surface area contributed by atoms with E-state index in [0.29, 0.717) is 38.7 Å². The Morgan fingerprint density at radius 2 is 1.61 bits per heavy atom. The number of anilines is 1. The van der Waals surface area contributed by atoms with Gasteiger partial charge in [-0.15, -0.1) is 0 Å². The molecule has 2 N–H and O–H groups in total. The largest absolute Gasteiger partial charge is 0.489 e. The Morgan fingerprint density at radius 3 is 2.32 bits per heavy atom. The molecule has 0 saturated carbocycles. The quantitative estimate of drug-likeness (QED) is 0.287. The molecule has 0 atom stereocenters. The molecule has 0 bridgehead atoms. The van der Waals surface area contributed by atoms with Crippen molar-refractivity contribution in [1.29, 1.82) is 0 Å². The van der Waals surface area contributed by atoms with Gasteiger partial charge in [0.05, 0.1) is 27.0 Å². The number of halogens is 3. The van der Waals surface area contributed by atoms with Gasteiger partial charge < -0.3 is 10.1 Å². The number of benzene rings is 3. The number of carbonyl (C=O) groups is 2. The maximum absolute atomic E-state index is 11.9. The standard InChI is InChI=1S/C22H16Cl3N3O3/c23-17-10-7-15(11-19(17)25)13-31-16-8-5-14(6-9-16)12-26-28-22(30)21(29)27-20-4-2-1-3-18(20)24/h1-12H,13H2,(H,27,29)(H,28,30)/b26-12-. The molecule has 0 spiro atoms. The molecule has 6 nitrogen and oxygen atoms in total. The molecule has 9 heteroatoms. The van der Waals surface area contributed by atoms with Crippen LogP contribution in [0.1, 0.15) is 11.1 Å². The number of ether oxygens (including phenoxy) is 1. The van der Waals surface area contributed by atoms with Crippen molar-refractivity contribution in [3.8, 4) is 5.75 Å². The van der Waals surface area contributed by atoms with Crippen LogP contribution in [0.2, 0.25) is 15.1 Å². The van der Waals surface area contributed by atoms with Crippen molar-refractivity contribution < 1.29 is 14.3 Å². The van der Waals surface area contributed by atoms with Crippen LogP contribution in [0.15, 0.2) is 71.8 Å². The Bertz CT molecular complexity index is 1120. The first-order chi connectivity index (χ1) is 14.9. The number of hydrogen-bond acceptors (Lipinski definition) is 4. The number of hydrogen-bond donors (Lipinski definition) is 2. The summed E-state index contributed by atoms with van der Waals surface area (Å²) in [6.45, 7) is 0.334. The highest BCUT2D eigenvalue weighted by Gasteiger charge is 2.14. The number of nitrogens with one attached hydrogen (secondary N) is 2. The van der Waals surface area contributed by atoms with Crippen molar-refractivity contribution in [2.75, 3.05) is 5.32 Å². The Balaban J connectivity index is 1.48. The van der Waals surface area contributed by atoms with Gasteiger partial charge in [-0.05, 0) is 59.7 Å². The molecule has 0 aromatic heterocycles. The van der Waals surface area contributed by atoms with E-state index in [4.69, 9.17) is 39.5 Å². The second kappa shape index (κ2) is 10.8. The summed E-state index contributed by atoms with van der Waals surface area (Å²) in [6.07, 6.45) is 1.41. The van der Waals surface area contributed by atoms with Crippen LogP contribution in [0.5, 0.6) is 5.75 Å². The fourth-order valence-corrected chi connectivity index (χ4v) is 2.91. The van der Waals surface area contributed by atoms with Gasteiger partial charge in [-0.3, -0.25) is 9.59 Å². The molecule has 31 heavy (non-hydrogen) atoms. The highest BCUT2D eigenvalue weighted by molar-refractivity contribution is 6.42. The Labute approximate surface area is 193 Å². The van der Waals surface area contributed by atoms with Crippen LogP contribution in [-0.4, -0.2) is 18.0 Å². The van der Waals surface area contributed by atoms with Crippen LogP contribution >= 0.6 is 34.8 Å². The van der Waals surface area contributed by atoms with Crippen LogP contribution in [0.25, 0.3) is 0 Å². The number of hydrazone groups is 1. The lowest BCUT2D eigenvalue weighted by atomic mass is 10.2. The molecule has 3 rings (SSSR count). The summed E-state index contributed by atoms with van der Waals surface area (Å²) < 4.78 is 5.70. The molecule has 2 amide bonds. The van der Waals surface area contributed by atoms with E-state index in [-0.39, 0.29) is 0 Å². The van der Waals surface area contributed by atoms with E-state index in [2.05, 4.69) is 15.8 Å². The number of nitrogens with zero attached hydrogens (tertiary/aromatic N) is 1. The predicted octanol–water partition coefficient (Wildman–Crippen LogP) is 5.31. The van der Waals surface area contributed by atoms with Crippen LogP contribution in [0.3, 0.4) is 0 Å². The third-order valence-electron chi connectivity index (χ3n) is 3.98. The fourth-order valence-electron chi connectivity index (χ4n) is 2.40. The summed E-state index contributed by atoms with van der Waals surface area (Å²) in [7, 11) is 0. The van der Waals surface area contributed by atoms with Gasteiger partial charge in [0.2, 0.25) is 0 Å². The van der Waals surface area contributed by atoms with Crippen molar-refractivity contribution in [1.82, 2.24) is 5.43 Å². The molecule has 0 aliphatic rings. The molecule has 0 aliphatic carbocycles. The molecule has 3 aromatic rings. The highest BCUT2D eigenvalue weighted by Crippen LogP contribution is 2.23. The zero-order valence-corrected chi connectivity index (χ0v) is 18.2. The monoisotopic (exact) mass is 475 g/mol. The van der Waals surface area contributed by atoms with Crippen LogP contribution in [0.4, 0.5) is 5.69 Å². The van der Waals surface area contributed by atoms with Gasteiger partial charge in [-0.2, -0.15) is 5.10 Å². The average Bonchev–Trinajstić information content (AvgIpc) is 2.77. The van der Waals surface area contributed by atoms with Gasteiger partial charge in [-0.1, -0.05) is 53.0 Å². The van der Waals surface area contributed by atoms with Gasteiger partial charge in [0.15, 0.2) is 0 Å². The summed E-state index contributed by atoms with van der Waals surface area (Å²) in [5.41, 5.74) is 4.09. The minimum atomic E-state index is -0.919. The lowest BCUT2D eigenvalue weighted by Gasteiger charge is -2.07. The first-order valence-electron chi connectivity index (χ1n) is 8.98. The van der Waals surface area contributed by atoms with Crippen molar-refractivity contribution in [3.05, 3.63) is 92.9 Å². The van der Waals surface area contributed by atoms with E-state index < -0.39 is 11.8 Å². The maximum Gasteiger partial charge on any atom is 0.329 e. The van der Waals surface area contributed by atoms with Crippen molar-refractivity contribution in [3.63, 3.8) is 0 Å². The molecular formula is C22H16Cl3N3O3. The number of amides is 2. The van der Waals surface area contributed by atoms with Gasteiger partial charge in [-0.25, -0.2) is 5.43 Å². The van der Waals surface area contributed by atoms with E-state index in [1.54, 1.807) is 60.7 Å². The van der Waals surface area contributed by atoms with Crippen LogP contribution in [0, 0.1) is 0 Å². The minimum Gasteiger partial charge on any atom is -0.489 e. The highest BCUT2D eigenvalue weighted by atomic mass is 35.5. The van der Waals surface area contributed by atoms with Crippen LogP contribution < -0.4 is 15.5 Å². The van der Waals surface area contributed by atoms with Gasteiger partial charge in [0.25, 0.3) is 0 Å². The molecule has 0 aliphatic heterocycles. The van der Waals surface area contributed by atoms with Crippen molar-refractivity contribution >= 4 is 58.5 Å². The van der Waals surface area contributed by atoms with Crippen molar-refractivity contribution in [2.24, 2.45) is 5.10 Å². The summed E-state index contributed by atoms with van der Waals surface area (Å²) in [5.74, 6) is -1.15. The molecular weight excluding hydrogens is 461 g/mol. The molecule has 0 radical (unpaired) electrons. The second-order valence-electron chi connectivity index (χ2n) is 6.24. The Hall–Kier alpha value is -3.06. The zero-order valence-electron chi connectivity index (χ0n) is 15.9. The first-order valence-corrected chi connectivity index (χ1v) is 10.1. The number of carbonyl (C=O) groups excluding carboxylic acids is 2. The Kier molecular flexibility index (Phi) is 7.89. The molecule has 0 saturated heterocycles. The average molecular weight is 477 g/mol. The second-order valence-corrected chi connectivity index (χ2v) is 7.46. The fraction of sp³-hybridized carbons (Fsp3) is 0.0455. The SMILES string of the molecule is O=C(N/N=C\c1ccc(OCc2ccc(Cl)c(Cl)c2)cc1)C(=O)Nc1ccccc1Cl. The molecule has 0 unspecified atom stereocenters. The lowest BCUT2D eigenvalue weighted by molar-refractivity contribution is -0.136. The summed E-state index contributed by atoms with van der Waals surface area (Å²) in [6, 6.07) is 18.9. The first kappa shape index (κ1) is 22.6. The third kappa shape index (κ3) is 6.72. The topological polar surface area (TPSA) is 79.8 Å². The maximum atomic E-state index is 11.9. The Morgan fingerprint density at radius 1 is 0.871 bits per heavy atom. The lowest BCUT2D eigenvalue weighted by Crippen LogP contribution is -2.32. The van der Waals surface area contributed by atoms with Gasteiger partial charge in [0, 0.05) is 0 Å². The zero-order chi connectivity index (χ0) is 22.2. The third-order valence-corrected chi connectivity index (χ3v) is 5.05. The van der Waals surface area contributed by atoms with E-state index >= 15 is 0 Å². The molecule has 3 aromatic carbocycles. The molecule has 0 fully saturated rings. The minimum absolute atomic E-state index is 0.327. The molecule has 158 valence electrons. The number of para-hydroxylation sites is 1. The molecule has 0 heterocycles. The van der Waals surface area contributed by atoms with E-state index in [1.807, 2.05) is 6.07 Å².